The van der Waals surface area contributed by atoms with Crippen LogP contribution < -0.4 is 9.47 Å². The average molecular weight is 410 g/mol. The fourth-order valence-electron chi connectivity index (χ4n) is 1.90. The van der Waals surface area contributed by atoms with Crippen molar-refractivity contribution < 1.29 is 19.1 Å². The number of carbonyl (C=O) groups excluding carboxylic acids is 2. The molecule has 0 aliphatic carbocycles. The van der Waals surface area contributed by atoms with Crippen molar-refractivity contribution in [2.45, 2.75) is 6.92 Å². The minimum atomic E-state index is -0.113. The van der Waals surface area contributed by atoms with Gasteiger partial charge in [-0.05, 0) is 41.6 Å². The fourth-order valence-corrected chi connectivity index (χ4v) is 2.69. The summed E-state index contributed by atoms with van der Waals surface area (Å²) in [5.41, 5.74) is 1.11. The number of halogens is 1. The summed E-state index contributed by atoms with van der Waals surface area (Å²) >= 11 is 2.06. The first-order valence-corrected chi connectivity index (χ1v) is 7.86. The van der Waals surface area contributed by atoms with E-state index in [2.05, 4.69) is 22.6 Å². The van der Waals surface area contributed by atoms with Gasteiger partial charge in [0, 0.05) is 11.1 Å². The predicted octanol–water partition coefficient (Wildman–Crippen LogP) is 3.76. The van der Waals surface area contributed by atoms with Crippen LogP contribution in [0.15, 0.2) is 42.5 Å². The number of ether oxygens (including phenoxy) is 2. The van der Waals surface area contributed by atoms with Gasteiger partial charge in [0.1, 0.15) is 6.29 Å². The van der Waals surface area contributed by atoms with Crippen LogP contribution in [0.2, 0.25) is 0 Å². The Labute approximate surface area is 142 Å². The molecule has 2 aromatic carbocycles. The van der Waals surface area contributed by atoms with E-state index in [4.69, 9.17) is 9.47 Å². The summed E-state index contributed by atoms with van der Waals surface area (Å²) < 4.78 is 11.9. The van der Waals surface area contributed by atoms with Crippen molar-refractivity contribution >= 4 is 34.7 Å². The van der Waals surface area contributed by atoms with Gasteiger partial charge in [-0.15, -0.1) is 0 Å². The van der Waals surface area contributed by atoms with Gasteiger partial charge in [-0.25, -0.2) is 0 Å². The summed E-state index contributed by atoms with van der Waals surface area (Å²) in [6, 6.07) is 12.3. The highest BCUT2D eigenvalue weighted by molar-refractivity contribution is 14.1. The maximum absolute atomic E-state index is 12.1. The van der Waals surface area contributed by atoms with Crippen LogP contribution in [0.4, 0.5) is 0 Å². The minimum absolute atomic E-state index is 0.0828. The molecule has 0 bridgehead atoms. The molecule has 114 valence electrons. The third kappa shape index (κ3) is 4.07. The number of rotatable bonds is 7. The van der Waals surface area contributed by atoms with Crippen molar-refractivity contribution in [3.8, 4) is 11.5 Å². The van der Waals surface area contributed by atoms with Crippen molar-refractivity contribution in [3.63, 3.8) is 0 Å². The molecule has 4 nitrogen and oxygen atoms in total. The molecule has 2 aromatic rings. The molecule has 0 aliphatic heterocycles. The maximum Gasteiger partial charge on any atom is 0.200 e. The number of benzene rings is 2. The highest BCUT2D eigenvalue weighted by atomic mass is 127. The number of ketones is 1. The molecule has 0 saturated carbocycles. The lowest BCUT2D eigenvalue weighted by Crippen LogP contribution is -2.13. The fraction of sp³-hybridized carbons (Fsp3) is 0.176. The molecule has 0 amide bonds. The van der Waals surface area contributed by atoms with Crippen molar-refractivity contribution in [1.82, 2.24) is 0 Å². The van der Waals surface area contributed by atoms with Crippen molar-refractivity contribution in [1.29, 1.82) is 0 Å². The van der Waals surface area contributed by atoms with Crippen LogP contribution in [0.5, 0.6) is 11.5 Å². The molecular weight excluding hydrogens is 395 g/mol. The Morgan fingerprint density at radius 1 is 1.18 bits per heavy atom. The Kier molecular flexibility index (Phi) is 5.94. The van der Waals surface area contributed by atoms with E-state index < -0.39 is 0 Å². The van der Waals surface area contributed by atoms with Gasteiger partial charge in [-0.2, -0.15) is 0 Å². The number of hydrogen-bond acceptors (Lipinski definition) is 4. The zero-order valence-electron chi connectivity index (χ0n) is 12.0. The van der Waals surface area contributed by atoms with Gasteiger partial charge in [0.25, 0.3) is 0 Å². The van der Waals surface area contributed by atoms with E-state index in [0.717, 1.165) is 9.86 Å². The molecule has 0 N–H and O–H groups in total. The van der Waals surface area contributed by atoms with E-state index in [1.807, 2.05) is 25.1 Å². The lowest BCUT2D eigenvalue weighted by atomic mass is 10.1. The monoisotopic (exact) mass is 410 g/mol. The molecular formula is C17H15IO4. The van der Waals surface area contributed by atoms with Crippen LogP contribution in [-0.4, -0.2) is 25.3 Å². The molecule has 0 aromatic heterocycles. The predicted molar refractivity (Wildman–Crippen MR) is 92.0 cm³/mol. The standard InChI is InChI=1S/C17H15IO4/c1-2-21-16-9-12(10-19)8-14(18)17(16)22-11-15(20)13-6-4-3-5-7-13/h3-10H,2,11H2,1H3. The maximum atomic E-state index is 12.1. The Balaban J connectivity index is 2.18. The molecule has 0 radical (unpaired) electrons. The van der Waals surface area contributed by atoms with E-state index in [-0.39, 0.29) is 12.4 Å². The number of carbonyl (C=O) groups is 2. The van der Waals surface area contributed by atoms with Crippen LogP contribution in [0.25, 0.3) is 0 Å². The van der Waals surface area contributed by atoms with E-state index in [9.17, 15) is 9.59 Å². The van der Waals surface area contributed by atoms with Gasteiger partial charge in [0.2, 0.25) is 0 Å². The van der Waals surface area contributed by atoms with Crippen molar-refractivity contribution in [3.05, 3.63) is 57.2 Å². The van der Waals surface area contributed by atoms with Crippen molar-refractivity contribution in [2.75, 3.05) is 13.2 Å². The Morgan fingerprint density at radius 3 is 2.55 bits per heavy atom. The average Bonchev–Trinajstić information content (AvgIpc) is 2.54. The first kappa shape index (κ1) is 16.5. The molecule has 0 spiro atoms. The highest BCUT2D eigenvalue weighted by Gasteiger charge is 2.14. The molecule has 2 rings (SSSR count). The third-order valence-electron chi connectivity index (χ3n) is 2.91. The SMILES string of the molecule is CCOc1cc(C=O)cc(I)c1OCC(=O)c1ccccc1. The lowest BCUT2D eigenvalue weighted by molar-refractivity contribution is 0.0917. The van der Waals surface area contributed by atoms with Gasteiger partial charge in [0.05, 0.1) is 10.2 Å². The summed E-state index contributed by atoms with van der Waals surface area (Å²) in [6.07, 6.45) is 0.754. The molecule has 0 heterocycles. The summed E-state index contributed by atoms with van der Waals surface area (Å²) in [5, 5.41) is 0. The molecule has 0 saturated heterocycles. The molecule has 5 heteroatoms. The van der Waals surface area contributed by atoms with Gasteiger partial charge in [0.15, 0.2) is 23.9 Å². The Hall–Kier alpha value is -1.89. The largest absolute Gasteiger partial charge is 0.490 e. The lowest BCUT2D eigenvalue weighted by Gasteiger charge is -2.14. The molecule has 0 unspecified atom stereocenters. The van der Waals surface area contributed by atoms with Gasteiger partial charge in [-0.1, -0.05) is 30.3 Å². The first-order valence-electron chi connectivity index (χ1n) is 6.78. The molecule has 0 fully saturated rings. The van der Waals surface area contributed by atoms with Crippen LogP contribution in [0.1, 0.15) is 27.6 Å². The summed E-state index contributed by atoms with van der Waals surface area (Å²) in [6.45, 7) is 2.21. The molecule has 0 atom stereocenters. The number of aldehydes is 1. The first-order chi connectivity index (χ1) is 10.7. The quantitative estimate of drug-likeness (QED) is 0.396. The highest BCUT2D eigenvalue weighted by Crippen LogP contribution is 2.34. The second-order valence-electron chi connectivity index (χ2n) is 4.46. The third-order valence-corrected chi connectivity index (χ3v) is 3.71. The van der Waals surface area contributed by atoms with Crippen molar-refractivity contribution in [2.24, 2.45) is 0 Å². The normalized spacial score (nSPS) is 10.1. The summed E-state index contributed by atoms with van der Waals surface area (Å²) in [5.74, 6) is 0.841. The van der Waals surface area contributed by atoms with Crippen LogP contribution in [-0.2, 0) is 0 Å². The summed E-state index contributed by atoms with van der Waals surface area (Å²) in [4.78, 5) is 23.0. The van der Waals surface area contributed by atoms with Crippen LogP contribution in [0.3, 0.4) is 0 Å². The smallest absolute Gasteiger partial charge is 0.200 e. The summed E-state index contributed by atoms with van der Waals surface area (Å²) in [7, 11) is 0. The van der Waals surface area contributed by atoms with Gasteiger partial charge in [-0.3, -0.25) is 9.59 Å². The zero-order chi connectivity index (χ0) is 15.9. The van der Waals surface area contributed by atoms with E-state index >= 15 is 0 Å². The van der Waals surface area contributed by atoms with E-state index in [1.54, 1.807) is 24.3 Å². The van der Waals surface area contributed by atoms with Gasteiger partial charge >= 0.3 is 0 Å². The second-order valence-corrected chi connectivity index (χ2v) is 5.62. The van der Waals surface area contributed by atoms with E-state index in [1.165, 1.54) is 0 Å². The molecule has 0 aliphatic rings. The van der Waals surface area contributed by atoms with Crippen LogP contribution >= 0.6 is 22.6 Å². The number of hydrogen-bond donors (Lipinski definition) is 0. The topological polar surface area (TPSA) is 52.6 Å². The van der Waals surface area contributed by atoms with Crippen LogP contribution in [0, 0.1) is 3.57 Å². The van der Waals surface area contributed by atoms with E-state index in [0.29, 0.717) is 29.2 Å². The minimum Gasteiger partial charge on any atom is -0.490 e. The molecule has 22 heavy (non-hydrogen) atoms. The Morgan fingerprint density at radius 2 is 1.91 bits per heavy atom. The zero-order valence-corrected chi connectivity index (χ0v) is 14.2. The number of Topliss-reactive ketones (excluding diaryl/α,β-unsaturated/α-hetero) is 1. The van der Waals surface area contributed by atoms with Gasteiger partial charge < -0.3 is 9.47 Å². The Bertz CT molecular complexity index is 668. The second kappa shape index (κ2) is 7.93.